The Bertz CT molecular complexity index is 755. The van der Waals surface area contributed by atoms with Gasteiger partial charge in [-0.3, -0.25) is 9.59 Å². The fourth-order valence-electron chi connectivity index (χ4n) is 6.42. The first-order valence-electron chi connectivity index (χ1n) is 11.2. The van der Waals surface area contributed by atoms with Crippen LogP contribution in [0.25, 0.3) is 0 Å². The smallest absolute Gasteiger partial charge is 0.305 e. The molecular weight excluding hydrogens is 364 g/mol. The predicted octanol–water partition coefficient (Wildman–Crippen LogP) is 5.33. The number of carbonyl (C=O) groups is 2. The predicted molar refractivity (Wildman–Crippen MR) is 114 cm³/mol. The molecule has 0 aromatic heterocycles. The molecule has 0 heterocycles. The van der Waals surface area contributed by atoms with Crippen LogP contribution in [0.5, 0.6) is 5.75 Å². The maximum Gasteiger partial charge on any atom is 0.305 e. The first-order valence-corrected chi connectivity index (χ1v) is 11.2. The van der Waals surface area contributed by atoms with Gasteiger partial charge >= 0.3 is 5.97 Å². The third-order valence-corrected chi connectivity index (χ3v) is 7.72. The summed E-state index contributed by atoms with van der Waals surface area (Å²) in [6.45, 7) is 6.19. The third-order valence-electron chi connectivity index (χ3n) is 7.72. The largest absolute Gasteiger partial charge is 0.497 e. The number of rotatable bonds is 4. The van der Waals surface area contributed by atoms with Crippen molar-refractivity contribution in [3.63, 3.8) is 0 Å². The van der Waals surface area contributed by atoms with Gasteiger partial charge in [-0.25, -0.2) is 0 Å². The zero-order valence-corrected chi connectivity index (χ0v) is 18.6. The molecule has 0 bridgehead atoms. The Morgan fingerprint density at radius 1 is 1.21 bits per heavy atom. The second kappa shape index (κ2) is 8.89. The van der Waals surface area contributed by atoms with Gasteiger partial charge in [0.25, 0.3) is 0 Å². The highest BCUT2D eigenvalue weighted by Crippen LogP contribution is 2.62. The fraction of sp³-hybridized carbons (Fsp3) is 0.680. The van der Waals surface area contributed by atoms with Crippen LogP contribution in [0, 0.1) is 23.2 Å². The molecule has 2 saturated carbocycles. The van der Waals surface area contributed by atoms with Crippen molar-refractivity contribution in [3.05, 3.63) is 29.3 Å². The molecule has 0 radical (unpaired) electrons. The minimum Gasteiger partial charge on any atom is -0.497 e. The average molecular weight is 401 g/mol. The van der Waals surface area contributed by atoms with Crippen molar-refractivity contribution >= 4 is 11.8 Å². The van der Waals surface area contributed by atoms with E-state index < -0.39 is 0 Å². The molecule has 0 amide bonds. The van der Waals surface area contributed by atoms with Crippen LogP contribution < -0.4 is 4.74 Å². The van der Waals surface area contributed by atoms with Crippen LogP contribution in [0.4, 0.5) is 0 Å². The van der Waals surface area contributed by atoms with E-state index >= 15 is 0 Å². The molecular formula is C25H36O4. The van der Waals surface area contributed by atoms with E-state index in [2.05, 4.69) is 25.1 Å². The quantitative estimate of drug-likeness (QED) is 0.641. The number of carbonyl (C=O) groups excluding carboxylic acids is 2. The molecule has 0 aliphatic heterocycles. The number of Topliss-reactive ketones (excluding diaryl/α,β-unsaturated/α-hetero) is 1. The van der Waals surface area contributed by atoms with E-state index in [0.29, 0.717) is 42.3 Å². The zero-order valence-electron chi connectivity index (χ0n) is 18.6. The van der Waals surface area contributed by atoms with E-state index in [4.69, 9.17) is 9.47 Å². The molecule has 29 heavy (non-hydrogen) atoms. The van der Waals surface area contributed by atoms with Crippen molar-refractivity contribution in [2.75, 3.05) is 14.2 Å². The number of hydrogen-bond acceptors (Lipinski definition) is 4. The Morgan fingerprint density at radius 2 is 1.97 bits per heavy atom. The first-order chi connectivity index (χ1) is 14.0. The van der Waals surface area contributed by atoms with E-state index in [-0.39, 0.29) is 11.4 Å². The standard InChI is InChI=1S/C23H30O4.C2H6/c1-23-11-10-18-17-8-6-16(26-2)12-14(17)4-7-19(18)22(23)15(13-20(23)24)5-9-21(25)27-3;1-2/h6,8,12,15,18-19,22H,4-5,7,9-11,13H2,1-3H3;1-2H3. The van der Waals surface area contributed by atoms with Gasteiger partial charge < -0.3 is 9.47 Å². The van der Waals surface area contributed by atoms with Crippen LogP contribution in [0.1, 0.15) is 76.3 Å². The lowest BCUT2D eigenvalue weighted by molar-refractivity contribution is -0.141. The Balaban J connectivity index is 0.00000117. The maximum absolute atomic E-state index is 12.9. The molecule has 3 aliphatic rings. The molecule has 5 atom stereocenters. The van der Waals surface area contributed by atoms with Crippen molar-refractivity contribution in [2.45, 2.75) is 71.6 Å². The topological polar surface area (TPSA) is 52.6 Å². The monoisotopic (exact) mass is 400 g/mol. The summed E-state index contributed by atoms with van der Waals surface area (Å²) < 4.78 is 10.2. The summed E-state index contributed by atoms with van der Waals surface area (Å²) in [7, 11) is 3.16. The summed E-state index contributed by atoms with van der Waals surface area (Å²) in [5.74, 6) is 2.96. The highest BCUT2D eigenvalue weighted by atomic mass is 16.5. The number of ketones is 1. The van der Waals surface area contributed by atoms with Gasteiger partial charge in [-0.1, -0.05) is 26.8 Å². The van der Waals surface area contributed by atoms with Gasteiger partial charge in [-0.15, -0.1) is 0 Å². The molecule has 5 unspecified atom stereocenters. The highest BCUT2D eigenvalue weighted by Gasteiger charge is 2.58. The van der Waals surface area contributed by atoms with Crippen molar-refractivity contribution in [1.29, 1.82) is 0 Å². The summed E-state index contributed by atoms with van der Waals surface area (Å²) in [4.78, 5) is 24.6. The second-order valence-electron chi connectivity index (χ2n) is 8.86. The lowest BCUT2D eigenvalue weighted by Crippen LogP contribution is -2.44. The lowest BCUT2D eigenvalue weighted by Gasteiger charge is -2.50. The van der Waals surface area contributed by atoms with E-state index in [0.717, 1.165) is 37.9 Å². The molecule has 3 aliphatic carbocycles. The third kappa shape index (κ3) is 3.83. The van der Waals surface area contributed by atoms with Gasteiger partial charge in [0, 0.05) is 18.3 Å². The summed E-state index contributed by atoms with van der Waals surface area (Å²) in [5, 5.41) is 0. The summed E-state index contributed by atoms with van der Waals surface area (Å²) in [5.41, 5.74) is 2.67. The molecule has 0 saturated heterocycles. The Labute approximate surface area is 175 Å². The van der Waals surface area contributed by atoms with E-state index in [9.17, 15) is 9.59 Å². The number of methoxy groups -OCH3 is 2. The fourth-order valence-corrected chi connectivity index (χ4v) is 6.42. The van der Waals surface area contributed by atoms with E-state index in [1.807, 2.05) is 13.8 Å². The molecule has 4 rings (SSSR count). The zero-order chi connectivity index (χ0) is 21.2. The SMILES string of the molecule is CC.COC(=O)CCC1CC(=O)C2(C)CCC3c4ccc(OC)cc4CCC3C12. The number of fused-ring (bicyclic) bond motifs is 5. The minimum absolute atomic E-state index is 0.163. The van der Waals surface area contributed by atoms with Crippen LogP contribution in [-0.2, 0) is 20.7 Å². The lowest BCUT2D eigenvalue weighted by atomic mass is 9.54. The van der Waals surface area contributed by atoms with Crippen molar-refractivity contribution in [3.8, 4) is 5.75 Å². The second-order valence-corrected chi connectivity index (χ2v) is 8.86. The van der Waals surface area contributed by atoms with Crippen molar-refractivity contribution < 1.29 is 19.1 Å². The van der Waals surface area contributed by atoms with Gasteiger partial charge in [0.1, 0.15) is 11.5 Å². The minimum atomic E-state index is -0.202. The molecule has 160 valence electrons. The van der Waals surface area contributed by atoms with Crippen LogP contribution in [0.15, 0.2) is 18.2 Å². The maximum atomic E-state index is 12.9. The van der Waals surface area contributed by atoms with Crippen molar-refractivity contribution in [2.24, 2.45) is 23.2 Å². The van der Waals surface area contributed by atoms with Gasteiger partial charge in [0.05, 0.1) is 14.2 Å². The van der Waals surface area contributed by atoms with Gasteiger partial charge in [0.2, 0.25) is 0 Å². The number of ether oxygens (including phenoxy) is 2. The summed E-state index contributed by atoms with van der Waals surface area (Å²) in [6, 6.07) is 6.51. The molecule has 1 aromatic rings. The Hall–Kier alpha value is -1.84. The Morgan fingerprint density at radius 3 is 2.66 bits per heavy atom. The van der Waals surface area contributed by atoms with Gasteiger partial charge in [-0.2, -0.15) is 0 Å². The number of benzene rings is 1. The summed E-state index contributed by atoms with van der Waals surface area (Å²) in [6.07, 6.45) is 6.08. The van der Waals surface area contributed by atoms with Crippen LogP contribution >= 0.6 is 0 Å². The van der Waals surface area contributed by atoms with Crippen LogP contribution in [-0.4, -0.2) is 26.0 Å². The summed E-state index contributed by atoms with van der Waals surface area (Å²) >= 11 is 0. The van der Waals surface area contributed by atoms with Crippen LogP contribution in [0.3, 0.4) is 0 Å². The van der Waals surface area contributed by atoms with Gasteiger partial charge in [0.15, 0.2) is 0 Å². The highest BCUT2D eigenvalue weighted by molar-refractivity contribution is 5.87. The molecule has 0 N–H and O–H groups in total. The number of esters is 1. The molecule has 4 heteroatoms. The number of hydrogen-bond donors (Lipinski definition) is 0. The normalized spacial score (nSPS) is 32.2. The molecule has 0 spiro atoms. The number of aryl methyl sites for hydroxylation is 1. The average Bonchev–Trinajstić information content (AvgIpc) is 3.02. The first kappa shape index (κ1) is 21.9. The Kier molecular flexibility index (Phi) is 6.70. The van der Waals surface area contributed by atoms with Crippen molar-refractivity contribution in [1.82, 2.24) is 0 Å². The molecule has 4 nitrogen and oxygen atoms in total. The van der Waals surface area contributed by atoms with Gasteiger partial charge in [-0.05, 0) is 79.0 Å². The van der Waals surface area contributed by atoms with E-state index in [1.54, 1.807) is 7.11 Å². The molecule has 2 fully saturated rings. The molecule has 1 aromatic carbocycles. The van der Waals surface area contributed by atoms with Crippen LogP contribution in [0.2, 0.25) is 0 Å². The van der Waals surface area contributed by atoms with E-state index in [1.165, 1.54) is 18.2 Å².